The standard InChI is InChI=1S/C19H14ClN3OS2/c1-11-5-8-16(25-11)12-6-7-15-17(9-12)26-19(22-15)23-18(24)21-14-4-2-3-13(20)10-14/h2-10H,1H3,(H2,21,22,23,24). The van der Waals surface area contributed by atoms with E-state index in [-0.39, 0.29) is 6.03 Å². The smallest absolute Gasteiger partial charge is 0.308 e. The molecule has 4 rings (SSSR count). The summed E-state index contributed by atoms with van der Waals surface area (Å²) in [6, 6.07) is 17.0. The van der Waals surface area contributed by atoms with Crippen molar-refractivity contribution in [2.75, 3.05) is 10.6 Å². The van der Waals surface area contributed by atoms with Crippen molar-refractivity contribution < 1.29 is 4.79 Å². The third-order valence-electron chi connectivity index (χ3n) is 3.72. The molecule has 0 saturated carbocycles. The van der Waals surface area contributed by atoms with Crippen molar-refractivity contribution in [3.05, 3.63) is 64.5 Å². The zero-order chi connectivity index (χ0) is 18.1. The summed E-state index contributed by atoms with van der Waals surface area (Å²) >= 11 is 9.14. The van der Waals surface area contributed by atoms with Crippen LogP contribution in [-0.2, 0) is 0 Å². The molecule has 0 saturated heterocycles. The maximum Gasteiger partial charge on any atom is 0.325 e. The maximum atomic E-state index is 12.2. The summed E-state index contributed by atoms with van der Waals surface area (Å²) < 4.78 is 1.03. The number of aromatic nitrogens is 1. The van der Waals surface area contributed by atoms with E-state index in [1.165, 1.54) is 21.1 Å². The van der Waals surface area contributed by atoms with Crippen molar-refractivity contribution in [1.29, 1.82) is 0 Å². The number of aryl methyl sites for hydroxylation is 1. The molecule has 0 aliphatic carbocycles. The Labute approximate surface area is 163 Å². The highest BCUT2D eigenvalue weighted by atomic mass is 35.5. The van der Waals surface area contributed by atoms with E-state index in [0.29, 0.717) is 15.8 Å². The van der Waals surface area contributed by atoms with E-state index in [9.17, 15) is 4.79 Å². The highest BCUT2D eigenvalue weighted by molar-refractivity contribution is 7.22. The summed E-state index contributed by atoms with van der Waals surface area (Å²) in [5, 5.41) is 6.65. The topological polar surface area (TPSA) is 54.0 Å². The van der Waals surface area contributed by atoms with Gasteiger partial charge in [-0.1, -0.05) is 35.1 Å². The fraction of sp³-hybridized carbons (Fsp3) is 0.0526. The third kappa shape index (κ3) is 3.72. The quantitative estimate of drug-likeness (QED) is 0.406. The van der Waals surface area contributed by atoms with Crippen molar-refractivity contribution in [2.24, 2.45) is 0 Å². The Morgan fingerprint density at radius 1 is 1.04 bits per heavy atom. The Kier molecular flexibility index (Phi) is 4.63. The van der Waals surface area contributed by atoms with Gasteiger partial charge in [-0.3, -0.25) is 5.32 Å². The number of thiazole rings is 1. The molecule has 0 unspecified atom stereocenters. The molecule has 4 aromatic rings. The van der Waals surface area contributed by atoms with Crippen LogP contribution in [0.4, 0.5) is 15.6 Å². The zero-order valence-electron chi connectivity index (χ0n) is 13.7. The van der Waals surface area contributed by atoms with Crippen LogP contribution >= 0.6 is 34.3 Å². The first kappa shape index (κ1) is 17.0. The van der Waals surface area contributed by atoms with E-state index < -0.39 is 0 Å². The summed E-state index contributed by atoms with van der Waals surface area (Å²) in [5.41, 5.74) is 2.66. The van der Waals surface area contributed by atoms with Crippen molar-refractivity contribution in [3.63, 3.8) is 0 Å². The summed E-state index contributed by atoms with van der Waals surface area (Å²) in [7, 11) is 0. The molecule has 130 valence electrons. The van der Waals surface area contributed by atoms with E-state index in [1.54, 1.807) is 35.6 Å². The van der Waals surface area contributed by atoms with E-state index in [2.05, 4.69) is 46.8 Å². The predicted octanol–water partition coefficient (Wildman–Crippen LogP) is 6.63. The summed E-state index contributed by atoms with van der Waals surface area (Å²) in [5.74, 6) is 0. The fourth-order valence-corrected chi connectivity index (χ4v) is 4.50. The van der Waals surface area contributed by atoms with Gasteiger partial charge in [0.25, 0.3) is 0 Å². The molecule has 7 heteroatoms. The molecule has 0 atom stereocenters. The van der Waals surface area contributed by atoms with E-state index in [1.807, 2.05) is 6.07 Å². The molecule has 4 nitrogen and oxygen atoms in total. The Morgan fingerprint density at radius 2 is 1.92 bits per heavy atom. The second-order valence-corrected chi connectivity index (χ2v) is 8.46. The van der Waals surface area contributed by atoms with Gasteiger partial charge in [-0.25, -0.2) is 9.78 Å². The summed E-state index contributed by atoms with van der Waals surface area (Å²) in [6.45, 7) is 2.10. The second kappa shape index (κ2) is 7.07. The predicted molar refractivity (Wildman–Crippen MR) is 112 cm³/mol. The van der Waals surface area contributed by atoms with Crippen LogP contribution in [0.25, 0.3) is 20.7 Å². The van der Waals surface area contributed by atoms with Gasteiger partial charge in [-0.2, -0.15) is 0 Å². The Morgan fingerprint density at radius 3 is 2.69 bits per heavy atom. The minimum absolute atomic E-state index is 0.347. The van der Waals surface area contributed by atoms with Crippen LogP contribution in [0.5, 0.6) is 0 Å². The Balaban J connectivity index is 1.52. The Hall–Kier alpha value is -2.41. The number of urea groups is 1. The van der Waals surface area contributed by atoms with Crippen LogP contribution in [0, 0.1) is 6.92 Å². The fourth-order valence-electron chi connectivity index (χ4n) is 2.55. The van der Waals surface area contributed by atoms with Crippen LogP contribution in [0.2, 0.25) is 5.02 Å². The maximum absolute atomic E-state index is 12.2. The van der Waals surface area contributed by atoms with Crippen molar-refractivity contribution in [1.82, 2.24) is 4.98 Å². The first-order valence-electron chi connectivity index (χ1n) is 7.88. The normalized spacial score (nSPS) is 10.8. The SMILES string of the molecule is Cc1ccc(-c2ccc3nc(NC(=O)Nc4cccc(Cl)c4)sc3c2)s1. The number of hydrogen-bond acceptors (Lipinski definition) is 4. The largest absolute Gasteiger partial charge is 0.325 e. The molecule has 0 aliphatic rings. The first-order valence-corrected chi connectivity index (χ1v) is 9.89. The lowest BCUT2D eigenvalue weighted by atomic mass is 10.2. The monoisotopic (exact) mass is 399 g/mol. The number of nitrogens with one attached hydrogen (secondary N) is 2. The summed E-state index contributed by atoms with van der Waals surface area (Å²) in [6.07, 6.45) is 0. The van der Waals surface area contributed by atoms with Crippen LogP contribution in [0.1, 0.15) is 4.88 Å². The third-order valence-corrected chi connectivity index (χ3v) is 5.93. The van der Waals surface area contributed by atoms with Crippen LogP contribution in [0.3, 0.4) is 0 Å². The molecular weight excluding hydrogens is 386 g/mol. The van der Waals surface area contributed by atoms with Crippen molar-refractivity contribution >= 4 is 61.3 Å². The minimum Gasteiger partial charge on any atom is -0.308 e. The van der Waals surface area contributed by atoms with Crippen LogP contribution in [-0.4, -0.2) is 11.0 Å². The molecule has 2 amide bonds. The lowest BCUT2D eigenvalue weighted by Gasteiger charge is -2.05. The van der Waals surface area contributed by atoms with Gasteiger partial charge in [-0.15, -0.1) is 11.3 Å². The number of rotatable bonds is 3. The van der Waals surface area contributed by atoms with Gasteiger partial charge in [0.15, 0.2) is 5.13 Å². The number of carbonyl (C=O) groups is 1. The van der Waals surface area contributed by atoms with Gasteiger partial charge in [0, 0.05) is 20.5 Å². The molecule has 0 bridgehead atoms. The van der Waals surface area contributed by atoms with Crippen LogP contribution < -0.4 is 10.6 Å². The van der Waals surface area contributed by atoms with E-state index in [0.717, 1.165) is 15.8 Å². The van der Waals surface area contributed by atoms with E-state index in [4.69, 9.17) is 11.6 Å². The molecule has 2 aromatic carbocycles. The molecule has 0 fully saturated rings. The highest BCUT2D eigenvalue weighted by Crippen LogP contribution is 2.33. The number of fused-ring (bicyclic) bond motifs is 1. The molecule has 26 heavy (non-hydrogen) atoms. The van der Waals surface area contributed by atoms with Gasteiger partial charge in [-0.05, 0) is 55.0 Å². The van der Waals surface area contributed by atoms with Crippen LogP contribution in [0.15, 0.2) is 54.6 Å². The number of anilines is 2. The average molecular weight is 400 g/mol. The Bertz CT molecular complexity index is 1100. The molecule has 0 aliphatic heterocycles. The average Bonchev–Trinajstić information content (AvgIpc) is 3.19. The number of hydrogen-bond donors (Lipinski definition) is 2. The first-order chi connectivity index (χ1) is 12.6. The molecule has 0 radical (unpaired) electrons. The number of amides is 2. The molecular formula is C19H14ClN3OS2. The molecule has 2 heterocycles. The lowest BCUT2D eigenvalue weighted by molar-refractivity contribution is 0.262. The molecule has 2 N–H and O–H groups in total. The number of carbonyl (C=O) groups excluding carboxylic acids is 1. The highest BCUT2D eigenvalue weighted by Gasteiger charge is 2.10. The van der Waals surface area contributed by atoms with Crippen molar-refractivity contribution in [3.8, 4) is 10.4 Å². The van der Waals surface area contributed by atoms with Crippen molar-refractivity contribution in [2.45, 2.75) is 6.92 Å². The molecule has 2 aromatic heterocycles. The summed E-state index contributed by atoms with van der Waals surface area (Å²) in [4.78, 5) is 19.1. The second-order valence-electron chi connectivity index (χ2n) is 5.70. The van der Waals surface area contributed by atoms with Gasteiger partial charge >= 0.3 is 6.03 Å². The van der Waals surface area contributed by atoms with E-state index >= 15 is 0 Å². The number of benzene rings is 2. The van der Waals surface area contributed by atoms with Gasteiger partial charge in [0.1, 0.15) is 0 Å². The van der Waals surface area contributed by atoms with Gasteiger partial charge < -0.3 is 5.32 Å². The minimum atomic E-state index is -0.347. The zero-order valence-corrected chi connectivity index (χ0v) is 16.1. The molecule has 0 spiro atoms. The van der Waals surface area contributed by atoms with Gasteiger partial charge in [0.2, 0.25) is 0 Å². The lowest BCUT2D eigenvalue weighted by Crippen LogP contribution is -2.19. The number of halogens is 1. The number of nitrogens with zero attached hydrogens (tertiary/aromatic N) is 1. The number of thiophene rings is 1. The van der Waals surface area contributed by atoms with Gasteiger partial charge in [0.05, 0.1) is 10.2 Å².